The molecule has 0 spiro atoms. The summed E-state index contributed by atoms with van der Waals surface area (Å²) in [5, 5.41) is 3.97. The second-order valence-electron chi connectivity index (χ2n) is 6.22. The average molecular weight is 353 g/mol. The highest BCUT2D eigenvalue weighted by Crippen LogP contribution is 2.17. The van der Waals surface area contributed by atoms with Gasteiger partial charge in [0.25, 0.3) is 0 Å². The van der Waals surface area contributed by atoms with Gasteiger partial charge < -0.3 is 9.42 Å². The van der Waals surface area contributed by atoms with Crippen molar-refractivity contribution in [1.82, 2.24) is 15.0 Å². The SMILES string of the molecule is Cc1cccc(-c2noc(CN(C)C(=O)CCc3ccccc3F)n2)c1. The van der Waals surface area contributed by atoms with E-state index in [1.807, 2.05) is 31.2 Å². The quantitative estimate of drug-likeness (QED) is 0.677. The number of nitrogens with zero attached hydrogens (tertiary/aromatic N) is 3. The van der Waals surface area contributed by atoms with Crippen molar-refractivity contribution in [1.29, 1.82) is 0 Å². The number of amides is 1. The summed E-state index contributed by atoms with van der Waals surface area (Å²) in [6.45, 7) is 2.21. The van der Waals surface area contributed by atoms with E-state index in [2.05, 4.69) is 10.1 Å². The molecular formula is C20H20FN3O2. The topological polar surface area (TPSA) is 59.2 Å². The van der Waals surface area contributed by atoms with Gasteiger partial charge in [-0.3, -0.25) is 4.79 Å². The largest absolute Gasteiger partial charge is 0.337 e. The summed E-state index contributed by atoms with van der Waals surface area (Å²) in [5.41, 5.74) is 2.51. The Kier molecular flexibility index (Phi) is 5.41. The van der Waals surface area contributed by atoms with Crippen molar-refractivity contribution in [2.75, 3.05) is 7.05 Å². The maximum absolute atomic E-state index is 13.6. The number of benzene rings is 2. The highest BCUT2D eigenvalue weighted by molar-refractivity contribution is 5.76. The Morgan fingerprint density at radius 1 is 1.19 bits per heavy atom. The Bertz CT molecular complexity index is 907. The molecule has 0 aliphatic rings. The van der Waals surface area contributed by atoms with Gasteiger partial charge in [0.1, 0.15) is 5.82 Å². The van der Waals surface area contributed by atoms with E-state index in [1.165, 1.54) is 11.0 Å². The molecule has 1 amide bonds. The van der Waals surface area contributed by atoms with Gasteiger partial charge in [-0.1, -0.05) is 47.1 Å². The van der Waals surface area contributed by atoms with Gasteiger partial charge in [0.05, 0.1) is 6.54 Å². The standard InChI is InChI=1S/C20H20FN3O2/c1-14-6-5-8-16(12-14)20-22-18(26-23-20)13-24(2)19(25)11-10-15-7-3-4-9-17(15)21/h3-9,12H,10-11,13H2,1-2H3. The van der Waals surface area contributed by atoms with E-state index >= 15 is 0 Å². The maximum atomic E-state index is 13.6. The number of hydrogen-bond acceptors (Lipinski definition) is 4. The first kappa shape index (κ1) is 17.8. The van der Waals surface area contributed by atoms with Gasteiger partial charge in [0.15, 0.2) is 0 Å². The monoisotopic (exact) mass is 353 g/mol. The van der Waals surface area contributed by atoms with Crippen LogP contribution in [-0.4, -0.2) is 28.0 Å². The van der Waals surface area contributed by atoms with Crippen LogP contribution in [0.15, 0.2) is 53.1 Å². The van der Waals surface area contributed by atoms with Crippen LogP contribution >= 0.6 is 0 Å². The van der Waals surface area contributed by atoms with Gasteiger partial charge in [-0.2, -0.15) is 4.98 Å². The zero-order chi connectivity index (χ0) is 18.5. The van der Waals surface area contributed by atoms with E-state index in [9.17, 15) is 9.18 Å². The number of carbonyl (C=O) groups excluding carboxylic acids is 1. The molecule has 3 rings (SSSR count). The molecule has 0 saturated heterocycles. The highest BCUT2D eigenvalue weighted by atomic mass is 19.1. The number of aryl methyl sites for hydroxylation is 2. The smallest absolute Gasteiger partial charge is 0.246 e. The molecule has 0 N–H and O–H groups in total. The molecule has 0 aliphatic carbocycles. The molecule has 1 aromatic heterocycles. The summed E-state index contributed by atoms with van der Waals surface area (Å²) in [6.07, 6.45) is 0.574. The lowest BCUT2D eigenvalue weighted by atomic mass is 10.1. The van der Waals surface area contributed by atoms with Crippen LogP contribution in [0.5, 0.6) is 0 Å². The first-order valence-corrected chi connectivity index (χ1v) is 8.40. The van der Waals surface area contributed by atoms with Crippen molar-refractivity contribution >= 4 is 5.91 Å². The zero-order valence-electron chi connectivity index (χ0n) is 14.8. The normalized spacial score (nSPS) is 10.7. The molecule has 0 aliphatic heterocycles. The van der Waals surface area contributed by atoms with E-state index in [4.69, 9.17) is 4.52 Å². The Hall–Kier alpha value is -3.02. The predicted octanol–water partition coefficient (Wildman–Crippen LogP) is 3.78. The van der Waals surface area contributed by atoms with E-state index in [0.717, 1.165) is 11.1 Å². The predicted molar refractivity (Wildman–Crippen MR) is 95.7 cm³/mol. The van der Waals surface area contributed by atoms with Crippen LogP contribution in [0.2, 0.25) is 0 Å². The summed E-state index contributed by atoms with van der Waals surface area (Å²) in [7, 11) is 1.67. The van der Waals surface area contributed by atoms with Crippen molar-refractivity contribution in [3.63, 3.8) is 0 Å². The van der Waals surface area contributed by atoms with Crippen molar-refractivity contribution < 1.29 is 13.7 Å². The lowest BCUT2D eigenvalue weighted by Gasteiger charge is -2.14. The van der Waals surface area contributed by atoms with E-state index < -0.39 is 0 Å². The third-order valence-corrected chi connectivity index (χ3v) is 4.11. The summed E-state index contributed by atoms with van der Waals surface area (Å²) < 4.78 is 18.9. The van der Waals surface area contributed by atoms with Gasteiger partial charge in [-0.15, -0.1) is 0 Å². The van der Waals surface area contributed by atoms with Gasteiger partial charge in [0.2, 0.25) is 17.6 Å². The highest BCUT2D eigenvalue weighted by Gasteiger charge is 2.15. The van der Waals surface area contributed by atoms with Crippen LogP contribution in [0.1, 0.15) is 23.4 Å². The van der Waals surface area contributed by atoms with Crippen LogP contribution in [0.25, 0.3) is 11.4 Å². The minimum Gasteiger partial charge on any atom is -0.337 e. The fraction of sp³-hybridized carbons (Fsp3) is 0.250. The number of aromatic nitrogens is 2. The minimum atomic E-state index is -0.289. The molecule has 2 aromatic carbocycles. The van der Waals surface area contributed by atoms with Crippen molar-refractivity contribution in [2.24, 2.45) is 0 Å². The van der Waals surface area contributed by atoms with Crippen molar-refractivity contribution in [3.05, 3.63) is 71.4 Å². The van der Waals surface area contributed by atoms with Crippen LogP contribution in [0.4, 0.5) is 4.39 Å². The van der Waals surface area contributed by atoms with Crippen molar-refractivity contribution in [2.45, 2.75) is 26.3 Å². The first-order valence-electron chi connectivity index (χ1n) is 8.40. The minimum absolute atomic E-state index is 0.108. The second kappa shape index (κ2) is 7.91. The van der Waals surface area contributed by atoms with E-state index in [-0.39, 0.29) is 24.7 Å². The van der Waals surface area contributed by atoms with Crippen LogP contribution in [-0.2, 0) is 17.8 Å². The number of carbonyl (C=O) groups is 1. The Morgan fingerprint density at radius 2 is 2.00 bits per heavy atom. The fourth-order valence-corrected chi connectivity index (χ4v) is 2.65. The molecule has 1 heterocycles. The molecule has 0 fully saturated rings. The molecule has 0 bridgehead atoms. The third-order valence-electron chi connectivity index (χ3n) is 4.11. The number of hydrogen-bond donors (Lipinski definition) is 0. The van der Waals surface area contributed by atoms with Crippen LogP contribution < -0.4 is 0 Å². The summed E-state index contributed by atoms with van der Waals surface area (Å²) in [4.78, 5) is 18.1. The van der Waals surface area contributed by atoms with Gasteiger partial charge in [0, 0.05) is 19.0 Å². The van der Waals surface area contributed by atoms with Gasteiger partial charge in [-0.25, -0.2) is 4.39 Å². The molecule has 134 valence electrons. The molecule has 3 aromatic rings. The Balaban J connectivity index is 1.58. The fourth-order valence-electron chi connectivity index (χ4n) is 2.65. The third kappa shape index (κ3) is 4.33. The molecule has 0 saturated carbocycles. The summed E-state index contributed by atoms with van der Waals surface area (Å²) in [5.74, 6) is 0.463. The van der Waals surface area contributed by atoms with Crippen molar-refractivity contribution in [3.8, 4) is 11.4 Å². The molecule has 6 heteroatoms. The zero-order valence-corrected chi connectivity index (χ0v) is 14.8. The molecule has 0 unspecified atom stereocenters. The van der Waals surface area contributed by atoms with Crippen LogP contribution in [0.3, 0.4) is 0 Å². The maximum Gasteiger partial charge on any atom is 0.246 e. The molecule has 0 atom stereocenters. The Labute approximate surface area is 151 Å². The van der Waals surface area contributed by atoms with Gasteiger partial charge >= 0.3 is 0 Å². The van der Waals surface area contributed by atoms with E-state index in [0.29, 0.717) is 23.7 Å². The van der Waals surface area contributed by atoms with Crippen LogP contribution in [0, 0.1) is 12.7 Å². The lowest BCUT2D eigenvalue weighted by molar-refractivity contribution is -0.130. The molecule has 26 heavy (non-hydrogen) atoms. The molecule has 0 radical (unpaired) electrons. The van der Waals surface area contributed by atoms with E-state index in [1.54, 1.807) is 25.2 Å². The Morgan fingerprint density at radius 3 is 2.77 bits per heavy atom. The van der Waals surface area contributed by atoms with Gasteiger partial charge in [-0.05, 0) is 31.0 Å². The number of rotatable bonds is 6. The summed E-state index contributed by atoms with van der Waals surface area (Å²) >= 11 is 0. The average Bonchev–Trinajstić information content (AvgIpc) is 3.09. The lowest BCUT2D eigenvalue weighted by Crippen LogP contribution is -2.26. The summed E-state index contributed by atoms with van der Waals surface area (Å²) in [6, 6.07) is 14.3. The first-order chi connectivity index (χ1) is 12.5. The number of halogens is 1. The second-order valence-corrected chi connectivity index (χ2v) is 6.22. The molecule has 5 nitrogen and oxygen atoms in total. The molecular weight excluding hydrogens is 333 g/mol.